The Morgan fingerprint density at radius 2 is 2.06 bits per heavy atom. The summed E-state index contributed by atoms with van der Waals surface area (Å²) in [7, 11) is 0. The molecule has 0 saturated carbocycles. The van der Waals surface area contributed by atoms with Crippen LogP contribution in [0.5, 0.6) is 0 Å². The molecular formula is C13H11NO2. The number of para-hydroxylation sites is 1. The van der Waals surface area contributed by atoms with Crippen molar-refractivity contribution in [2.24, 2.45) is 0 Å². The fourth-order valence-electron chi connectivity index (χ4n) is 2.31. The zero-order chi connectivity index (χ0) is 11.1. The fourth-order valence-corrected chi connectivity index (χ4v) is 2.31. The third kappa shape index (κ3) is 1.11. The van der Waals surface area contributed by atoms with Crippen molar-refractivity contribution >= 4 is 16.7 Å². The minimum Gasteiger partial charge on any atom is -0.515 e. The van der Waals surface area contributed by atoms with Crippen LogP contribution in [0.1, 0.15) is 22.5 Å². The van der Waals surface area contributed by atoms with Gasteiger partial charge in [-0.25, -0.2) is 0 Å². The summed E-state index contributed by atoms with van der Waals surface area (Å²) in [4.78, 5) is 15.1. The second-order valence-corrected chi connectivity index (χ2v) is 4.01. The van der Waals surface area contributed by atoms with Crippen LogP contribution in [0.25, 0.3) is 10.9 Å². The van der Waals surface area contributed by atoms with Crippen LogP contribution >= 0.6 is 0 Å². The Labute approximate surface area is 92.4 Å². The SMILES string of the molecule is O=C1/C(=C\O)CCc2c1[nH]c1ccccc21. The van der Waals surface area contributed by atoms with Crippen LogP contribution in [-0.4, -0.2) is 15.9 Å². The van der Waals surface area contributed by atoms with Crippen molar-refractivity contribution < 1.29 is 9.90 Å². The predicted octanol–water partition coefficient (Wildman–Crippen LogP) is 2.74. The van der Waals surface area contributed by atoms with E-state index in [1.54, 1.807) is 0 Å². The first-order chi connectivity index (χ1) is 7.81. The van der Waals surface area contributed by atoms with Crippen molar-refractivity contribution in [3.63, 3.8) is 0 Å². The van der Waals surface area contributed by atoms with Gasteiger partial charge >= 0.3 is 0 Å². The van der Waals surface area contributed by atoms with E-state index in [0.717, 1.165) is 29.1 Å². The van der Waals surface area contributed by atoms with Crippen LogP contribution < -0.4 is 0 Å². The molecule has 0 aliphatic heterocycles. The average Bonchev–Trinajstić information content (AvgIpc) is 2.69. The van der Waals surface area contributed by atoms with Crippen molar-refractivity contribution in [2.75, 3.05) is 0 Å². The van der Waals surface area contributed by atoms with E-state index in [2.05, 4.69) is 4.98 Å². The number of H-pyrrole nitrogens is 1. The number of aliphatic hydroxyl groups is 1. The molecule has 0 saturated heterocycles. The fraction of sp³-hybridized carbons (Fsp3) is 0.154. The van der Waals surface area contributed by atoms with Crippen molar-refractivity contribution in [1.82, 2.24) is 4.98 Å². The first-order valence-corrected chi connectivity index (χ1v) is 5.29. The number of benzene rings is 1. The number of aromatic nitrogens is 1. The van der Waals surface area contributed by atoms with E-state index in [1.165, 1.54) is 0 Å². The number of rotatable bonds is 0. The van der Waals surface area contributed by atoms with E-state index in [1.807, 2.05) is 24.3 Å². The van der Waals surface area contributed by atoms with E-state index in [-0.39, 0.29) is 5.78 Å². The third-order valence-corrected chi connectivity index (χ3v) is 3.13. The average molecular weight is 213 g/mol. The third-order valence-electron chi connectivity index (χ3n) is 3.13. The second-order valence-electron chi connectivity index (χ2n) is 4.01. The maximum absolute atomic E-state index is 12.0. The van der Waals surface area contributed by atoms with Gasteiger partial charge in [-0.3, -0.25) is 4.79 Å². The van der Waals surface area contributed by atoms with Gasteiger partial charge in [0.1, 0.15) is 0 Å². The molecule has 3 heteroatoms. The smallest absolute Gasteiger partial charge is 0.208 e. The molecule has 3 rings (SSSR count). The molecule has 1 aromatic heterocycles. The Kier molecular flexibility index (Phi) is 1.86. The van der Waals surface area contributed by atoms with Crippen molar-refractivity contribution in [3.05, 3.63) is 47.4 Å². The van der Waals surface area contributed by atoms with Gasteiger partial charge in [-0.15, -0.1) is 0 Å². The molecule has 1 aliphatic carbocycles. The Bertz CT molecular complexity index is 607. The highest BCUT2D eigenvalue weighted by Gasteiger charge is 2.25. The summed E-state index contributed by atoms with van der Waals surface area (Å²) in [5.41, 5.74) is 3.18. The normalized spacial score (nSPS) is 18.0. The van der Waals surface area contributed by atoms with E-state index in [4.69, 9.17) is 5.11 Å². The summed E-state index contributed by atoms with van der Waals surface area (Å²) in [5, 5.41) is 10.1. The summed E-state index contributed by atoms with van der Waals surface area (Å²) in [6.45, 7) is 0. The van der Waals surface area contributed by atoms with E-state index >= 15 is 0 Å². The summed E-state index contributed by atoms with van der Waals surface area (Å²) in [5.74, 6) is -0.0834. The highest BCUT2D eigenvalue weighted by atomic mass is 16.2. The van der Waals surface area contributed by atoms with Crippen LogP contribution in [0.2, 0.25) is 0 Å². The van der Waals surface area contributed by atoms with Gasteiger partial charge in [-0.1, -0.05) is 18.2 Å². The lowest BCUT2D eigenvalue weighted by atomic mass is 9.91. The summed E-state index contributed by atoms with van der Waals surface area (Å²) in [6.07, 6.45) is 2.35. The maximum Gasteiger partial charge on any atom is 0.208 e. The van der Waals surface area contributed by atoms with E-state index in [9.17, 15) is 4.79 Å². The van der Waals surface area contributed by atoms with Gasteiger partial charge in [0, 0.05) is 16.5 Å². The Hall–Kier alpha value is -2.03. The number of carbonyl (C=O) groups excluding carboxylic acids is 1. The van der Waals surface area contributed by atoms with Gasteiger partial charge in [0.25, 0.3) is 0 Å². The standard InChI is InChI=1S/C13H11NO2/c15-7-8-5-6-10-9-3-1-2-4-11(9)14-12(10)13(8)16/h1-4,7,14-15H,5-6H2/b8-7-. The Morgan fingerprint density at radius 1 is 1.25 bits per heavy atom. The lowest BCUT2D eigenvalue weighted by Gasteiger charge is -2.12. The Balaban J connectivity index is 2.29. The molecule has 3 nitrogen and oxygen atoms in total. The van der Waals surface area contributed by atoms with Gasteiger partial charge in [0.15, 0.2) is 0 Å². The minimum absolute atomic E-state index is 0.0834. The molecule has 80 valence electrons. The lowest BCUT2D eigenvalue weighted by Crippen LogP contribution is -2.13. The number of aliphatic hydroxyl groups excluding tert-OH is 1. The van der Waals surface area contributed by atoms with E-state index < -0.39 is 0 Å². The molecule has 1 aliphatic rings. The minimum atomic E-state index is -0.0834. The van der Waals surface area contributed by atoms with Crippen molar-refractivity contribution in [2.45, 2.75) is 12.8 Å². The van der Waals surface area contributed by atoms with E-state index in [0.29, 0.717) is 17.7 Å². The molecule has 2 aromatic rings. The number of fused-ring (bicyclic) bond motifs is 3. The van der Waals surface area contributed by atoms with Gasteiger partial charge in [0.05, 0.1) is 12.0 Å². The molecule has 1 aromatic carbocycles. The molecule has 0 bridgehead atoms. The van der Waals surface area contributed by atoms with Crippen LogP contribution in [0.15, 0.2) is 36.1 Å². The zero-order valence-corrected chi connectivity index (χ0v) is 8.66. The molecule has 1 heterocycles. The number of hydrogen-bond acceptors (Lipinski definition) is 2. The highest BCUT2D eigenvalue weighted by Crippen LogP contribution is 2.30. The predicted molar refractivity (Wildman–Crippen MR) is 61.7 cm³/mol. The molecule has 0 atom stereocenters. The van der Waals surface area contributed by atoms with Gasteiger partial charge in [-0.05, 0) is 24.5 Å². The topological polar surface area (TPSA) is 53.1 Å². The molecule has 0 radical (unpaired) electrons. The zero-order valence-electron chi connectivity index (χ0n) is 8.66. The number of allylic oxidation sites excluding steroid dienone is 1. The second kappa shape index (κ2) is 3.23. The molecular weight excluding hydrogens is 202 g/mol. The lowest BCUT2D eigenvalue weighted by molar-refractivity contribution is 0.101. The van der Waals surface area contributed by atoms with Crippen LogP contribution in [0.4, 0.5) is 0 Å². The molecule has 0 unspecified atom stereocenters. The van der Waals surface area contributed by atoms with Crippen molar-refractivity contribution in [1.29, 1.82) is 0 Å². The van der Waals surface area contributed by atoms with Gasteiger partial charge in [-0.2, -0.15) is 0 Å². The number of Topliss-reactive ketones (excluding diaryl/α,β-unsaturated/α-hetero) is 1. The molecule has 0 amide bonds. The summed E-state index contributed by atoms with van der Waals surface area (Å²) in [6, 6.07) is 7.89. The number of hydrogen-bond donors (Lipinski definition) is 2. The van der Waals surface area contributed by atoms with Crippen LogP contribution in [0, 0.1) is 0 Å². The largest absolute Gasteiger partial charge is 0.515 e. The number of aryl methyl sites for hydroxylation is 1. The number of aromatic amines is 1. The van der Waals surface area contributed by atoms with Crippen molar-refractivity contribution in [3.8, 4) is 0 Å². The van der Waals surface area contributed by atoms with Crippen LogP contribution in [-0.2, 0) is 6.42 Å². The Morgan fingerprint density at radius 3 is 2.88 bits per heavy atom. The van der Waals surface area contributed by atoms with Gasteiger partial charge < -0.3 is 10.1 Å². The highest BCUT2D eigenvalue weighted by molar-refractivity contribution is 6.12. The quantitative estimate of drug-likeness (QED) is 0.522. The maximum atomic E-state index is 12.0. The number of carbonyl (C=O) groups is 1. The molecule has 16 heavy (non-hydrogen) atoms. The molecule has 0 spiro atoms. The monoisotopic (exact) mass is 213 g/mol. The molecule has 2 N–H and O–H groups in total. The summed E-state index contributed by atoms with van der Waals surface area (Å²) >= 11 is 0. The number of ketones is 1. The first kappa shape index (κ1) is 9.21. The molecule has 0 fully saturated rings. The summed E-state index contributed by atoms with van der Waals surface area (Å²) < 4.78 is 0. The van der Waals surface area contributed by atoms with Gasteiger partial charge in [0.2, 0.25) is 5.78 Å². The number of nitrogens with one attached hydrogen (secondary N) is 1. The first-order valence-electron chi connectivity index (χ1n) is 5.29. The van der Waals surface area contributed by atoms with Crippen LogP contribution in [0.3, 0.4) is 0 Å².